The molecule has 0 radical (unpaired) electrons. The Morgan fingerprint density at radius 3 is 2.63 bits per heavy atom. The molecule has 1 fully saturated rings. The van der Waals surface area contributed by atoms with Crippen molar-refractivity contribution in [1.82, 2.24) is 5.32 Å². The molecule has 0 saturated heterocycles. The van der Waals surface area contributed by atoms with Gasteiger partial charge in [0.2, 0.25) is 0 Å². The fraction of sp³-hybridized carbons (Fsp3) is 0.625. The van der Waals surface area contributed by atoms with Crippen molar-refractivity contribution in [1.29, 1.82) is 0 Å². The van der Waals surface area contributed by atoms with E-state index in [1.807, 2.05) is 0 Å². The van der Waals surface area contributed by atoms with Crippen molar-refractivity contribution in [2.24, 2.45) is 5.41 Å². The van der Waals surface area contributed by atoms with Crippen LogP contribution in [0.2, 0.25) is 5.02 Å². The second kappa shape index (κ2) is 6.23. The second-order valence-electron chi connectivity index (χ2n) is 5.83. The van der Waals surface area contributed by atoms with Crippen LogP contribution in [0.3, 0.4) is 0 Å². The third kappa shape index (κ3) is 3.49. The topological polar surface area (TPSA) is 12.0 Å². The van der Waals surface area contributed by atoms with E-state index in [0.717, 1.165) is 12.1 Å². The standard InChI is InChI=1S/C16H23ClFN/c1-3-16(8-4-5-9-16)11-19-12(2)14-7-6-13(18)10-15(14)17/h6-7,10,12,19H,3-5,8-9,11H2,1-2H3. The summed E-state index contributed by atoms with van der Waals surface area (Å²) in [5.41, 5.74) is 1.44. The van der Waals surface area contributed by atoms with Gasteiger partial charge in [0.1, 0.15) is 5.82 Å². The molecule has 1 aliphatic carbocycles. The molecule has 0 amide bonds. The molecule has 1 aromatic carbocycles. The van der Waals surface area contributed by atoms with E-state index in [1.165, 1.54) is 44.2 Å². The van der Waals surface area contributed by atoms with Crippen LogP contribution in [0.1, 0.15) is 57.6 Å². The van der Waals surface area contributed by atoms with Crippen LogP contribution in [0.5, 0.6) is 0 Å². The number of hydrogen-bond donors (Lipinski definition) is 1. The van der Waals surface area contributed by atoms with Crippen LogP contribution in [0.4, 0.5) is 4.39 Å². The first-order valence-corrected chi connectivity index (χ1v) is 7.62. The van der Waals surface area contributed by atoms with E-state index < -0.39 is 0 Å². The van der Waals surface area contributed by atoms with Crippen molar-refractivity contribution in [2.75, 3.05) is 6.54 Å². The highest BCUT2D eigenvalue weighted by atomic mass is 35.5. The van der Waals surface area contributed by atoms with Crippen LogP contribution in [-0.2, 0) is 0 Å². The van der Waals surface area contributed by atoms with Crippen LogP contribution in [0.15, 0.2) is 18.2 Å². The molecule has 1 N–H and O–H groups in total. The zero-order chi connectivity index (χ0) is 13.9. The van der Waals surface area contributed by atoms with E-state index in [4.69, 9.17) is 11.6 Å². The molecular formula is C16H23ClFN. The summed E-state index contributed by atoms with van der Waals surface area (Å²) in [6.45, 7) is 5.40. The maximum absolute atomic E-state index is 13.1. The second-order valence-corrected chi connectivity index (χ2v) is 6.24. The quantitative estimate of drug-likeness (QED) is 0.793. The zero-order valence-electron chi connectivity index (χ0n) is 11.8. The van der Waals surface area contributed by atoms with Crippen molar-refractivity contribution in [3.63, 3.8) is 0 Å². The first-order chi connectivity index (χ1) is 9.06. The molecular weight excluding hydrogens is 261 g/mol. The molecule has 1 aromatic rings. The Balaban J connectivity index is 1.99. The zero-order valence-corrected chi connectivity index (χ0v) is 12.6. The van der Waals surface area contributed by atoms with Crippen molar-refractivity contribution < 1.29 is 4.39 Å². The molecule has 19 heavy (non-hydrogen) atoms. The highest BCUT2D eigenvalue weighted by Crippen LogP contribution is 2.40. The first-order valence-electron chi connectivity index (χ1n) is 7.25. The summed E-state index contributed by atoms with van der Waals surface area (Å²) in [4.78, 5) is 0. The van der Waals surface area contributed by atoms with Gasteiger partial charge in [0.25, 0.3) is 0 Å². The number of nitrogens with one attached hydrogen (secondary N) is 1. The Labute approximate surface area is 120 Å². The van der Waals surface area contributed by atoms with Crippen molar-refractivity contribution in [2.45, 2.75) is 52.0 Å². The van der Waals surface area contributed by atoms with Crippen molar-refractivity contribution in [3.8, 4) is 0 Å². The van der Waals surface area contributed by atoms with Gasteiger partial charge in [0, 0.05) is 17.6 Å². The summed E-state index contributed by atoms with van der Waals surface area (Å²) in [7, 11) is 0. The minimum Gasteiger partial charge on any atom is -0.310 e. The SMILES string of the molecule is CCC1(CNC(C)c2ccc(F)cc2Cl)CCCC1. The predicted molar refractivity (Wildman–Crippen MR) is 79.0 cm³/mol. The number of hydrogen-bond acceptors (Lipinski definition) is 1. The van der Waals surface area contributed by atoms with E-state index in [-0.39, 0.29) is 11.9 Å². The Morgan fingerprint density at radius 1 is 1.37 bits per heavy atom. The molecule has 3 heteroatoms. The van der Waals surface area contributed by atoms with Gasteiger partial charge in [-0.2, -0.15) is 0 Å². The molecule has 106 valence electrons. The molecule has 0 spiro atoms. The van der Waals surface area contributed by atoms with Gasteiger partial charge in [-0.05, 0) is 49.3 Å². The van der Waals surface area contributed by atoms with Gasteiger partial charge in [-0.1, -0.05) is 37.4 Å². The third-order valence-electron chi connectivity index (χ3n) is 4.63. The summed E-state index contributed by atoms with van der Waals surface area (Å²) >= 11 is 6.11. The highest BCUT2D eigenvalue weighted by molar-refractivity contribution is 6.31. The lowest BCUT2D eigenvalue weighted by molar-refractivity contribution is 0.259. The fourth-order valence-corrected chi connectivity index (χ4v) is 3.44. The lowest BCUT2D eigenvalue weighted by Gasteiger charge is -2.30. The maximum atomic E-state index is 13.1. The molecule has 1 aliphatic rings. The van der Waals surface area contributed by atoms with Gasteiger partial charge in [-0.15, -0.1) is 0 Å². The highest BCUT2D eigenvalue weighted by Gasteiger charge is 2.32. The summed E-state index contributed by atoms with van der Waals surface area (Å²) in [6.07, 6.45) is 6.56. The Kier molecular flexibility index (Phi) is 4.86. The van der Waals surface area contributed by atoms with E-state index in [2.05, 4.69) is 19.2 Å². The molecule has 1 saturated carbocycles. The van der Waals surface area contributed by atoms with E-state index >= 15 is 0 Å². The van der Waals surface area contributed by atoms with E-state index in [0.29, 0.717) is 10.4 Å². The van der Waals surface area contributed by atoms with Crippen LogP contribution < -0.4 is 5.32 Å². The normalized spacial score (nSPS) is 19.6. The van der Waals surface area contributed by atoms with Gasteiger partial charge < -0.3 is 5.32 Å². The Morgan fingerprint density at radius 2 is 2.05 bits per heavy atom. The Hall–Kier alpha value is -0.600. The van der Waals surface area contributed by atoms with Crippen LogP contribution in [0, 0.1) is 11.2 Å². The van der Waals surface area contributed by atoms with Crippen molar-refractivity contribution >= 4 is 11.6 Å². The minimum absolute atomic E-state index is 0.164. The van der Waals surface area contributed by atoms with Crippen LogP contribution in [-0.4, -0.2) is 6.54 Å². The Bertz CT molecular complexity index is 427. The van der Waals surface area contributed by atoms with Gasteiger partial charge in [0.15, 0.2) is 0 Å². The molecule has 1 unspecified atom stereocenters. The van der Waals surface area contributed by atoms with Crippen LogP contribution in [0.25, 0.3) is 0 Å². The number of halogens is 2. The lowest BCUT2D eigenvalue weighted by Crippen LogP contribution is -2.33. The summed E-state index contributed by atoms with van der Waals surface area (Å²) in [5.74, 6) is -0.276. The molecule has 0 aromatic heterocycles. The third-order valence-corrected chi connectivity index (χ3v) is 4.95. The van der Waals surface area contributed by atoms with E-state index in [9.17, 15) is 4.39 Å². The lowest BCUT2D eigenvalue weighted by atomic mass is 9.83. The molecule has 1 atom stereocenters. The first kappa shape index (κ1) is 14.8. The van der Waals surface area contributed by atoms with Crippen molar-refractivity contribution in [3.05, 3.63) is 34.6 Å². The molecule has 2 rings (SSSR count). The largest absolute Gasteiger partial charge is 0.310 e. The number of rotatable bonds is 5. The summed E-state index contributed by atoms with van der Waals surface area (Å²) < 4.78 is 13.1. The van der Waals surface area contributed by atoms with Gasteiger partial charge in [-0.25, -0.2) is 4.39 Å². The predicted octanol–water partition coefficient (Wildman–Crippen LogP) is 5.10. The molecule has 0 bridgehead atoms. The maximum Gasteiger partial charge on any atom is 0.124 e. The molecule has 0 aliphatic heterocycles. The summed E-state index contributed by atoms with van der Waals surface area (Å²) in [5, 5.41) is 4.10. The fourth-order valence-electron chi connectivity index (χ4n) is 3.11. The number of benzene rings is 1. The van der Waals surface area contributed by atoms with Crippen LogP contribution >= 0.6 is 11.6 Å². The van der Waals surface area contributed by atoms with Gasteiger partial charge in [-0.3, -0.25) is 0 Å². The average Bonchev–Trinajstić information content (AvgIpc) is 2.85. The van der Waals surface area contributed by atoms with Gasteiger partial charge in [0.05, 0.1) is 0 Å². The van der Waals surface area contributed by atoms with E-state index in [1.54, 1.807) is 6.07 Å². The monoisotopic (exact) mass is 283 g/mol. The minimum atomic E-state index is -0.276. The van der Waals surface area contributed by atoms with Gasteiger partial charge >= 0.3 is 0 Å². The average molecular weight is 284 g/mol. The smallest absolute Gasteiger partial charge is 0.124 e. The molecule has 1 nitrogen and oxygen atoms in total. The molecule has 0 heterocycles. The summed E-state index contributed by atoms with van der Waals surface area (Å²) in [6, 6.07) is 4.81.